The molecule has 4 nitrogen and oxygen atoms in total. The van der Waals surface area contributed by atoms with Crippen molar-refractivity contribution in [2.24, 2.45) is 4.99 Å². The highest BCUT2D eigenvalue weighted by atomic mass is 19.1. The molecule has 0 saturated carbocycles. The highest BCUT2D eigenvalue weighted by Gasteiger charge is 2.18. The summed E-state index contributed by atoms with van der Waals surface area (Å²) in [6.45, 7) is 2.59. The molecule has 23 heavy (non-hydrogen) atoms. The van der Waals surface area contributed by atoms with Crippen molar-refractivity contribution in [3.05, 3.63) is 71.5 Å². The number of halogens is 1. The largest absolute Gasteiger partial charge is 0.378 e. The number of carbonyl (C=O) groups excluding carboxylic acids is 1. The van der Waals surface area contributed by atoms with Gasteiger partial charge in [0.05, 0.1) is 13.2 Å². The molecular formula is C18H17FN2O2. The van der Waals surface area contributed by atoms with E-state index in [1.807, 2.05) is 35.2 Å². The fourth-order valence-corrected chi connectivity index (χ4v) is 2.43. The summed E-state index contributed by atoms with van der Waals surface area (Å²) in [5.74, 6) is -0.124. The van der Waals surface area contributed by atoms with Crippen molar-refractivity contribution in [2.75, 3.05) is 26.3 Å². The van der Waals surface area contributed by atoms with E-state index in [0.717, 1.165) is 5.56 Å². The summed E-state index contributed by atoms with van der Waals surface area (Å²) >= 11 is 0. The van der Waals surface area contributed by atoms with E-state index < -0.39 is 0 Å². The Morgan fingerprint density at radius 1 is 0.957 bits per heavy atom. The molecule has 1 fully saturated rings. The minimum absolute atomic E-state index is 0.369. The first kappa shape index (κ1) is 15.4. The molecule has 0 N–H and O–H groups in total. The van der Waals surface area contributed by atoms with Gasteiger partial charge in [0.2, 0.25) is 0 Å². The molecule has 118 valence electrons. The number of ether oxygens (including phenoxy) is 1. The van der Waals surface area contributed by atoms with E-state index in [2.05, 4.69) is 4.99 Å². The Morgan fingerprint density at radius 3 is 2.26 bits per heavy atom. The predicted octanol–water partition coefficient (Wildman–Crippen LogP) is 2.74. The lowest BCUT2D eigenvalue weighted by molar-refractivity contribution is 0.0678. The molecule has 1 heterocycles. The number of amides is 1. The van der Waals surface area contributed by atoms with Crippen molar-refractivity contribution in [3.63, 3.8) is 0 Å². The summed E-state index contributed by atoms with van der Waals surface area (Å²) in [6.07, 6.45) is 0. The van der Waals surface area contributed by atoms with E-state index in [-0.39, 0.29) is 11.7 Å². The lowest BCUT2D eigenvalue weighted by atomic mass is 10.1. The van der Waals surface area contributed by atoms with Crippen LogP contribution in [0, 0.1) is 5.82 Å². The molecule has 0 spiro atoms. The van der Waals surface area contributed by atoms with E-state index >= 15 is 0 Å². The fraction of sp³-hybridized carbons (Fsp3) is 0.222. The summed E-state index contributed by atoms with van der Waals surface area (Å²) in [5, 5.41) is 0. The summed E-state index contributed by atoms with van der Waals surface area (Å²) in [7, 11) is 0. The average Bonchev–Trinajstić information content (AvgIpc) is 2.61. The zero-order valence-corrected chi connectivity index (χ0v) is 12.6. The van der Waals surface area contributed by atoms with Crippen LogP contribution in [0.3, 0.4) is 0 Å². The molecule has 3 rings (SSSR count). The Balaban J connectivity index is 1.93. The van der Waals surface area contributed by atoms with E-state index in [1.54, 1.807) is 0 Å². The molecule has 2 aromatic carbocycles. The normalized spacial score (nSPS) is 15.5. The first-order chi connectivity index (χ1) is 11.2. The van der Waals surface area contributed by atoms with Gasteiger partial charge in [0.25, 0.3) is 5.91 Å². The third-order valence-corrected chi connectivity index (χ3v) is 3.64. The van der Waals surface area contributed by atoms with Crippen molar-refractivity contribution < 1.29 is 13.9 Å². The summed E-state index contributed by atoms with van der Waals surface area (Å²) in [6, 6.07) is 15.0. The van der Waals surface area contributed by atoms with Crippen LogP contribution >= 0.6 is 0 Å². The summed E-state index contributed by atoms with van der Waals surface area (Å²) in [4.78, 5) is 18.8. The lowest BCUT2D eigenvalue weighted by Crippen LogP contribution is -2.41. The quantitative estimate of drug-likeness (QED) is 0.632. The number of hydrogen-bond acceptors (Lipinski definition) is 2. The second kappa shape index (κ2) is 7.15. The van der Waals surface area contributed by atoms with Gasteiger partial charge in [-0.3, -0.25) is 4.79 Å². The zero-order chi connectivity index (χ0) is 16.1. The second-order valence-corrected chi connectivity index (χ2v) is 5.21. The molecule has 0 unspecified atom stereocenters. The van der Waals surface area contributed by atoms with Crippen LogP contribution in [0.1, 0.15) is 15.9 Å². The monoisotopic (exact) mass is 312 g/mol. The van der Waals surface area contributed by atoms with Gasteiger partial charge in [-0.25, -0.2) is 4.39 Å². The molecule has 0 atom stereocenters. The molecule has 0 aromatic heterocycles. The number of benzene rings is 2. The number of rotatable bonds is 2. The highest BCUT2D eigenvalue weighted by molar-refractivity contribution is 6.09. The van der Waals surface area contributed by atoms with Gasteiger partial charge in [-0.05, 0) is 24.3 Å². The predicted molar refractivity (Wildman–Crippen MR) is 86.1 cm³/mol. The molecule has 5 heteroatoms. The molecule has 0 radical (unpaired) electrons. The molecule has 2 aromatic rings. The third kappa shape index (κ3) is 3.81. The summed E-state index contributed by atoms with van der Waals surface area (Å²) in [5.41, 5.74) is 1.25. The Hall–Kier alpha value is -2.53. The Morgan fingerprint density at radius 2 is 1.61 bits per heavy atom. The van der Waals surface area contributed by atoms with Crippen LogP contribution in [-0.2, 0) is 4.74 Å². The van der Waals surface area contributed by atoms with Crippen molar-refractivity contribution in [2.45, 2.75) is 0 Å². The van der Waals surface area contributed by atoms with Gasteiger partial charge in [0.1, 0.15) is 11.7 Å². The van der Waals surface area contributed by atoms with E-state index in [1.165, 1.54) is 24.3 Å². The van der Waals surface area contributed by atoms with Crippen molar-refractivity contribution in [3.8, 4) is 0 Å². The standard InChI is InChI=1S/C18H17FN2O2/c19-16-8-6-15(7-9-16)18(22)20-17(14-4-2-1-3-5-14)21-10-12-23-13-11-21/h1-9H,10-13H2. The number of amidine groups is 1. The van der Waals surface area contributed by atoms with Crippen LogP contribution in [0.25, 0.3) is 0 Å². The molecule has 0 aliphatic carbocycles. The number of aliphatic imine (C=N–C) groups is 1. The van der Waals surface area contributed by atoms with Gasteiger partial charge in [-0.15, -0.1) is 0 Å². The van der Waals surface area contributed by atoms with Gasteiger partial charge < -0.3 is 9.64 Å². The van der Waals surface area contributed by atoms with Crippen LogP contribution in [0.15, 0.2) is 59.6 Å². The van der Waals surface area contributed by atoms with E-state index in [0.29, 0.717) is 37.7 Å². The summed E-state index contributed by atoms with van der Waals surface area (Å²) < 4.78 is 18.4. The van der Waals surface area contributed by atoms with Gasteiger partial charge in [-0.2, -0.15) is 4.99 Å². The maximum atomic E-state index is 13.0. The first-order valence-electron chi connectivity index (χ1n) is 7.51. The van der Waals surface area contributed by atoms with Crippen LogP contribution in [-0.4, -0.2) is 42.9 Å². The highest BCUT2D eigenvalue weighted by Crippen LogP contribution is 2.11. The zero-order valence-electron chi connectivity index (χ0n) is 12.6. The Labute approximate surface area is 134 Å². The maximum absolute atomic E-state index is 13.0. The molecule has 1 saturated heterocycles. The maximum Gasteiger partial charge on any atom is 0.278 e. The van der Waals surface area contributed by atoms with Crippen LogP contribution in [0.2, 0.25) is 0 Å². The minimum atomic E-state index is -0.379. The van der Waals surface area contributed by atoms with Gasteiger partial charge in [0, 0.05) is 24.2 Å². The molecule has 0 bridgehead atoms. The Kier molecular flexibility index (Phi) is 4.78. The van der Waals surface area contributed by atoms with Crippen molar-refractivity contribution in [1.29, 1.82) is 0 Å². The Bertz CT molecular complexity index is 693. The van der Waals surface area contributed by atoms with E-state index in [9.17, 15) is 9.18 Å². The fourth-order valence-electron chi connectivity index (χ4n) is 2.43. The average molecular weight is 312 g/mol. The first-order valence-corrected chi connectivity index (χ1v) is 7.51. The van der Waals surface area contributed by atoms with E-state index in [4.69, 9.17) is 4.74 Å². The van der Waals surface area contributed by atoms with Crippen LogP contribution in [0.5, 0.6) is 0 Å². The third-order valence-electron chi connectivity index (χ3n) is 3.64. The second-order valence-electron chi connectivity index (χ2n) is 5.21. The minimum Gasteiger partial charge on any atom is -0.378 e. The lowest BCUT2D eigenvalue weighted by Gasteiger charge is -2.29. The van der Waals surface area contributed by atoms with Gasteiger partial charge >= 0.3 is 0 Å². The van der Waals surface area contributed by atoms with Crippen molar-refractivity contribution in [1.82, 2.24) is 4.90 Å². The van der Waals surface area contributed by atoms with Gasteiger partial charge in [-0.1, -0.05) is 30.3 Å². The van der Waals surface area contributed by atoms with Crippen LogP contribution in [0.4, 0.5) is 4.39 Å². The molecular weight excluding hydrogens is 295 g/mol. The van der Waals surface area contributed by atoms with Crippen molar-refractivity contribution >= 4 is 11.7 Å². The number of morpholine rings is 1. The molecule has 1 aliphatic heterocycles. The topological polar surface area (TPSA) is 41.9 Å². The van der Waals surface area contributed by atoms with Crippen LogP contribution < -0.4 is 0 Å². The number of carbonyl (C=O) groups is 1. The number of hydrogen-bond donors (Lipinski definition) is 0. The van der Waals surface area contributed by atoms with Gasteiger partial charge in [0.15, 0.2) is 0 Å². The SMILES string of the molecule is O=C(N=C(c1ccccc1)N1CCOCC1)c1ccc(F)cc1. The number of nitrogens with zero attached hydrogens (tertiary/aromatic N) is 2. The molecule has 1 amide bonds. The smallest absolute Gasteiger partial charge is 0.278 e. The molecule has 1 aliphatic rings.